The van der Waals surface area contributed by atoms with Crippen molar-refractivity contribution >= 4 is 23.0 Å². The third-order valence-corrected chi connectivity index (χ3v) is 2.25. The zero-order valence-corrected chi connectivity index (χ0v) is 11.0. The summed E-state index contributed by atoms with van der Waals surface area (Å²) in [7, 11) is 0. The van der Waals surface area contributed by atoms with E-state index >= 15 is 0 Å². The van der Waals surface area contributed by atoms with Crippen molar-refractivity contribution in [1.82, 2.24) is 10.7 Å². The summed E-state index contributed by atoms with van der Waals surface area (Å²) in [6.45, 7) is 5.79. The van der Waals surface area contributed by atoms with Crippen molar-refractivity contribution in [1.29, 1.82) is 0 Å². The van der Waals surface area contributed by atoms with E-state index in [1.165, 1.54) is 0 Å². The molecule has 1 rings (SSSR count). The van der Waals surface area contributed by atoms with Gasteiger partial charge in [-0.3, -0.25) is 5.43 Å². The van der Waals surface area contributed by atoms with Crippen LogP contribution in [0.5, 0.6) is 5.75 Å². The van der Waals surface area contributed by atoms with Crippen molar-refractivity contribution in [3.05, 3.63) is 29.8 Å². The summed E-state index contributed by atoms with van der Waals surface area (Å²) in [6.07, 6.45) is 0. The van der Waals surface area contributed by atoms with Gasteiger partial charge < -0.3 is 10.4 Å². The third kappa shape index (κ3) is 4.40. The third-order valence-electron chi connectivity index (χ3n) is 2.04. The van der Waals surface area contributed by atoms with Crippen molar-refractivity contribution in [3.8, 4) is 5.75 Å². The molecule has 1 aromatic rings. The Morgan fingerprint density at radius 3 is 2.59 bits per heavy atom. The van der Waals surface area contributed by atoms with E-state index in [1.807, 2.05) is 19.9 Å². The largest absolute Gasteiger partial charge is 0.507 e. The number of hydrogen-bond acceptors (Lipinski definition) is 3. The van der Waals surface area contributed by atoms with Gasteiger partial charge in [0.15, 0.2) is 5.11 Å². The molecular formula is C12H17N3OS. The zero-order chi connectivity index (χ0) is 12.8. The highest BCUT2D eigenvalue weighted by atomic mass is 32.1. The average Bonchev–Trinajstić information content (AvgIpc) is 2.25. The van der Waals surface area contributed by atoms with Gasteiger partial charge in [-0.25, -0.2) is 0 Å². The van der Waals surface area contributed by atoms with Crippen LogP contribution in [-0.2, 0) is 0 Å². The van der Waals surface area contributed by atoms with E-state index in [4.69, 9.17) is 12.2 Å². The highest BCUT2D eigenvalue weighted by molar-refractivity contribution is 7.80. The molecule has 0 amide bonds. The lowest BCUT2D eigenvalue weighted by Gasteiger charge is -2.10. The molecule has 3 N–H and O–H groups in total. The second-order valence-electron chi connectivity index (χ2n) is 3.95. The Hall–Kier alpha value is -1.62. The predicted molar refractivity (Wildman–Crippen MR) is 74.3 cm³/mol. The first-order valence-corrected chi connectivity index (χ1v) is 5.80. The summed E-state index contributed by atoms with van der Waals surface area (Å²) in [4.78, 5) is 0. The van der Waals surface area contributed by atoms with E-state index in [-0.39, 0.29) is 11.8 Å². The monoisotopic (exact) mass is 251 g/mol. The number of phenols is 1. The Morgan fingerprint density at radius 1 is 1.35 bits per heavy atom. The van der Waals surface area contributed by atoms with E-state index in [0.29, 0.717) is 16.4 Å². The second kappa shape index (κ2) is 6.20. The van der Waals surface area contributed by atoms with Crippen molar-refractivity contribution in [2.24, 2.45) is 5.10 Å². The molecule has 5 heteroatoms. The molecule has 0 atom stereocenters. The number of nitrogens with one attached hydrogen (secondary N) is 2. The second-order valence-corrected chi connectivity index (χ2v) is 4.36. The molecule has 0 aliphatic carbocycles. The molecule has 0 heterocycles. The van der Waals surface area contributed by atoms with Gasteiger partial charge in [0.1, 0.15) is 5.75 Å². The van der Waals surface area contributed by atoms with Crippen molar-refractivity contribution < 1.29 is 5.11 Å². The van der Waals surface area contributed by atoms with Crippen molar-refractivity contribution in [2.45, 2.75) is 26.8 Å². The maximum Gasteiger partial charge on any atom is 0.187 e. The van der Waals surface area contributed by atoms with E-state index in [9.17, 15) is 5.11 Å². The topological polar surface area (TPSA) is 56.7 Å². The summed E-state index contributed by atoms with van der Waals surface area (Å²) in [5.41, 5.74) is 4.10. The fourth-order valence-electron chi connectivity index (χ4n) is 1.27. The first kappa shape index (κ1) is 13.4. The minimum Gasteiger partial charge on any atom is -0.507 e. The normalized spacial score (nSPS) is 11.4. The Kier molecular flexibility index (Phi) is 4.90. The van der Waals surface area contributed by atoms with Gasteiger partial charge in [-0.2, -0.15) is 5.10 Å². The lowest BCUT2D eigenvalue weighted by atomic mass is 10.1. The number of aromatic hydroxyl groups is 1. The predicted octanol–water partition coefficient (Wildman–Crippen LogP) is 1.99. The number of phenolic OH excluding ortho intramolecular Hbond substituents is 1. The van der Waals surface area contributed by atoms with Gasteiger partial charge in [0.2, 0.25) is 0 Å². The Bertz CT molecular complexity index is 430. The Balaban J connectivity index is 2.68. The first-order chi connectivity index (χ1) is 8.00. The van der Waals surface area contributed by atoms with E-state index in [1.54, 1.807) is 25.1 Å². The Labute approximate surface area is 107 Å². The molecule has 0 aliphatic rings. The zero-order valence-electron chi connectivity index (χ0n) is 10.2. The standard InChI is InChI=1S/C12H17N3OS/c1-8(2)13-12(17)15-14-9(3)10-6-4-5-7-11(10)16/h4-8,16H,1-3H3,(H2,13,15,17)/b14-9+. The lowest BCUT2D eigenvalue weighted by molar-refractivity contribution is 0.474. The minimum absolute atomic E-state index is 0.207. The fraction of sp³-hybridized carbons (Fsp3) is 0.333. The molecule has 0 spiro atoms. The van der Waals surface area contributed by atoms with Crippen molar-refractivity contribution in [2.75, 3.05) is 0 Å². The highest BCUT2D eigenvalue weighted by Crippen LogP contribution is 2.15. The molecule has 1 aromatic carbocycles. The molecule has 0 aliphatic heterocycles. The van der Waals surface area contributed by atoms with Crippen LogP contribution in [0, 0.1) is 0 Å². The van der Waals surface area contributed by atoms with Crippen LogP contribution in [0.2, 0.25) is 0 Å². The summed E-state index contributed by atoms with van der Waals surface area (Å²) in [5.74, 6) is 0.207. The number of hydrazone groups is 1. The molecule has 0 bridgehead atoms. The van der Waals surface area contributed by atoms with E-state index in [0.717, 1.165) is 0 Å². The van der Waals surface area contributed by atoms with Gasteiger partial charge in [-0.15, -0.1) is 0 Å². The van der Waals surface area contributed by atoms with Crippen molar-refractivity contribution in [3.63, 3.8) is 0 Å². The van der Waals surface area contributed by atoms with Crippen LogP contribution in [-0.4, -0.2) is 22.0 Å². The molecule has 4 nitrogen and oxygen atoms in total. The molecule has 0 radical (unpaired) electrons. The number of rotatable bonds is 3. The maximum absolute atomic E-state index is 9.63. The SMILES string of the molecule is C/C(=N\NC(=S)NC(C)C)c1ccccc1O. The van der Waals surface area contributed by atoms with Crippen LogP contribution in [0.25, 0.3) is 0 Å². The van der Waals surface area contributed by atoms with Crippen LogP contribution in [0.1, 0.15) is 26.3 Å². The van der Waals surface area contributed by atoms with Gasteiger partial charge in [0.25, 0.3) is 0 Å². The number of para-hydroxylation sites is 1. The van der Waals surface area contributed by atoms with Crippen LogP contribution < -0.4 is 10.7 Å². The van der Waals surface area contributed by atoms with Crippen LogP contribution >= 0.6 is 12.2 Å². The number of hydrogen-bond donors (Lipinski definition) is 3. The fourth-order valence-corrected chi connectivity index (χ4v) is 1.55. The number of benzene rings is 1. The summed E-state index contributed by atoms with van der Waals surface area (Å²) >= 11 is 5.04. The summed E-state index contributed by atoms with van der Waals surface area (Å²) in [5, 5.41) is 17.2. The molecule has 0 saturated heterocycles. The van der Waals surface area contributed by atoms with E-state index < -0.39 is 0 Å². The molecular weight excluding hydrogens is 234 g/mol. The quantitative estimate of drug-likeness (QED) is 0.437. The average molecular weight is 251 g/mol. The minimum atomic E-state index is 0.207. The van der Waals surface area contributed by atoms with Gasteiger partial charge in [0, 0.05) is 11.6 Å². The molecule has 17 heavy (non-hydrogen) atoms. The molecule has 0 unspecified atom stereocenters. The molecule has 92 valence electrons. The lowest BCUT2D eigenvalue weighted by Crippen LogP contribution is -2.37. The van der Waals surface area contributed by atoms with Crippen LogP contribution in [0.4, 0.5) is 0 Å². The summed E-state index contributed by atoms with van der Waals surface area (Å²) < 4.78 is 0. The van der Waals surface area contributed by atoms with Gasteiger partial charge in [-0.1, -0.05) is 12.1 Å². The summed E-state index contributed by atoms with van der Waals surface area (Å²) in [6, 6.07) is 7.30. The molecule has 0 saturated carbocycles. The van der Waals surface area contributed by atoms with Gasteiger partial charge in [0.05, 0.1) is 5.71 Å². The molecule has 0 aromatic heterocycles. The maximum atomic E-state index is 9.63. The highest BCUT2D eigenvalue weighted by Gasteiger charge is 2.03. The van der Waals surface area contributed by atoms with E-state index in [2.05, 4.69) is 15.8 Å². The Morgan fingerprint density at radius 2 is 2.00 bits per heavy atom. The number of nitrogens with zero attached hydrogens (tertiary/aromatic N) is 1. The van der Waals surface area contributed by atoms with Gasteiger partial charge >= 0.3 is 0 Å². The number of thiocarbonyl (C=S) groups is 1. The van der Waals surface area contributed by atoms with Gasteiger partial charge in [-0.05, 0) is 45.1 Å². The van der Waals surface area contributed by atoms with Crippen LogP contribution in [0.15, 0.2) is 29.4 Å². The van der Waals surface area contributed by atoms with Crippen LogP contribution in [0.3, 0.4) is 0 Å². The molecule has 0 fully saturated rings. The first-order valence-electron chi connectivity index (χ1n) is 5.40. The smallest absolute Gasteiger partial charge is 0.187 e.